The van der Waals surface area contributed by atoms with Gasteiger partial charge in [-0.25, -0.2) is 0 Å². The molecule has 150 valence electrons. The normalized spacial score (nSPS) is 37.1. The molecule has 0 spiro atoms. The highest BCUT2D eigenvalue weighted by Gasteiger charge is 2.50. The second-order valence-corrected chi connectivity index (χ2v) is 11.1. The van der Waals surface area contributed by atoms with Gasteiger partial charge in [0.1, 0.15) is 0 Å². The maximum Gasteiger partial charge on any atom is 0.184 e. The molecule has 0 amide bonds. The molecule has 5 aliphatic rings. The zero-order chi connectivity index (χ0) is 18.3. The summed E-state index contributed by atoms with van der Waals surface area (Å²) in [7, 11) is 2.23. The van der Waals surface area contributed by atoms with E-state index in [0.717, 1.165) is 30.7 Å². The van der Waals surface area contributed by atoms with E-state index < -0.39 is 0 Å². The van der Waals surface area contributed by atoms with Crippen LogP contribution in [0.4, 0.5) is 0 Å². The molecule has 1 aromatic rings. The quantitative estimate of drug-likeness (QED) is 0.722. The second kappa shape index (κ2) is 7.67. The molecule has 0 atom stereocenters. The van der Waals surface area contributed by atoms with Gasteiger partial charge in [0.05, 0.1) is 6.04 Å². The molecule has 5 fully saturated rings. The predicted octanol–water partition coefficient (Wildman–Crippen LogP) is 4.81. The Balaban J connectivity index is 1.20. The third-order valence-electron chi connectivity index (χ3n) is 8.06. The molecule has 0 aromatic carbocycles. The predicted molar refractivity (Wildman–Crippen MR) is 113 cm³/mol. The van der Waals surface area contributed by atoms with Crippen molar-refractivity contribution in [3.63, 3.8) is 0 Å². The maximum atomic E-state index is 5.12. The summed E-state index contributed by atoms with van der Waals surface area (Å²) in [6, 6.07) is 0.565. The number of nitrogens with zero attached hydrogens (tertiary/aromatic N) is 2. The van der Waals surface area contributed by atoms with Gasteiger partial charge in [0.15, 0.2) is 4.80 Å². The monoisotopic (exact) mass is 387 g/mol. The van der Waals surface area contributed by atoms with Crippen LogP contribution in [0.5, 0.6) is 0 Å². The first-order chi connectivity index (χ1) is 13.2. The van der Waals surface area contributed by atoms with E-state index in [-0.39, 0.29) is 0 Å². The lowest BCUT2D eigenvalue weighted by Gasteiger charge is -2.57. The number of nitrogens with one attached hydrogen (secondary N) is 1. The molecule has 5 aliphatic carbocycles. The van der Waals surface area contributed by atoms with Crippen LogP contribution in [-0.2, 0) is 13.5 Å². The van der Waals surface area contributed by atoms with Gasteiger partial charge in [-0.3, -0.25) is 4.99 Å². The molecule has 0 unspecified atom stereocenters. The van der Waals surface area contributed by atoms with Crippen LogP contribution in [0.2, 0.25) is 0 Å². The molecule has 0 aliphatic heterocycles. The van der Waals surface area contributed by atoms with Gasteiger partial charge >= 0.3 is 0 Å². The van der Waals surface area contributed by atoms with E-state index in [2.05, 4.69) is 22.3 Å². The summed E-state index contributed by atoms with van der Waals surface area (Å²) in [4.78, 5) is 6.36. The zero-order valence-corrected chi connectivity index (χ0v) is 17.9. The summed E-state index contributed by atoms with van der Waals surface area (Å²) < 4.78 is 2.37. The van der Waals surface area contributed by atoms with Crippen molar-refractivity contribution >= 4 is 11.3 Å². The summed E-state index contributed by atoms with van der Waals surface area (Å²) in [6.45, 7) is 1.14. The van der Waals surface area contributed by atoms with E-state index in [0.29, 0.717) is 11.6 Å². The number of thiazole rings is 1. The fraction of sp³-hybridized carbons (Fsp3) is 0.870. The lowest BCUT2D eigenvalue weighted by atomic mass is 9.53. The molecule has 0 saturated heterocycles. The van der Waals surface area contributed by atoms with E-state index >= 15 is 0 Å². The summed E-state index contributed by atoms with van der Waals surface area (Å²) >= 11 is 1.86. The van der Waals surface area contributed by atoms with E-state index in [1.165, 1.54) is 87.5 Å². The lowest BCUT2D eigenvalue weighted by Crippen LogP contribution is -2.58. The van der Waals surface area contributed by atoms with Crippen LogP contribution < -0.4 is 10.1 Å². The van der Waals surface area contributed by atoms with Crippen molar-refractivity contribution in [3.05, 3.63) is 15.9 Å². The molecular formula is C23H37N3S. The van der Waals surface area contributed by atoms with Crippen LogP contribution in [0.25, 0.3) is 0 Å². The van der Waals surface area contributed by atoms with Crippen molar-refractivity contribution in [3.8, 4) is 0 Å². The van der Waals surface area contributed by atoms with Gasteiger partial charge in [-0.2, -0.15) is 0 Å². The summed E-state index contributed by atoms with van der Waals surface area (Å²) in [5.74, 6) is 3.10. The van der Waals surface area contributed by atoms with Crippen molar-refractivity contribution < 1.29 is 0 Å². The first-order valence-corrected chi connectivity index (χ1v) is 12.5. The second-order valence-electron chi connectivity index (χ2n) is 10.2. The molecule has 1 aromatic heterocycles. The van der Waals surface area contributed by atoms with E-state index in [9.17, 15) is 0 Å². The van der Waals surface area contributed by atoms with Crippen LogP contribution >= 0.6 is 11.3 Å². The topological polar surface area (TPSA) is 29.3 Å². The molecule has 1 heterocycles. The van der Waals surface area contributed by atoms with Crippen LogP contribution in [-0.4, -0.2) is 22.7 Å². The van der Waals surface area contributed by atoms with E-state index in [1.54, 1.807) is 0 Å². The van der Waals surface area contributed by atoms with Gasteiger partial charge in [0.2, 0.25) is 0 Å². The first kappa shape index (κ1) is 18.4. The average molecular weight is 388 g/mol. The highest BCUT2D eigenvalue weighted by Crippen LogP contribution is 2.55. The number of hydrogen-bond donors (Lipinski definition) is 1. The minimum Gasteiger partial charge on any atom is -0.324 e. The molecule has 1 N–H and O–H groups in total. The average Bonchev–Trinajstić information content (AvgIpc) is 2.82. The van der Waals surface area contributed by atoms with E-state index in [1.807, 2.05) is 11.3 Å². The van der Waals surface area contributed by atoms with Crippen molar-refractivity contribution in [2.45, 2.75) is 95.1 Å². The maximum absolute atomic E-state index is 5.12. The Morgan fingerprint density at radius 2 is 1.67 bits per heavy atom. The standard InChI is InChI=1S/C23H37N3S/c1-26-21(16-27-22(26)25-20-6-4-2-3-5-7-20)8-9-24-23-13-17-10-18(14-23)12-19(11-17)15-23/h16-20,24H,2-15H2,1H3. The molecule has 6 rings (SSSR count). The van der Waals surface area contributed by atoms with Crippen LogP contribution in [0.1, 0.15) is 82.7 Å². The van der Waals surface area contributed by atoms with Gasteiger partial charge in [-0.05, 0) is 69.1 Å². The van der Waals surface area contributed by atoms with Gasteiger partial charge in [-0.15, -0.1) is 11.3 Å². The zero-order valence-electron chi connectivity index (χ0n) is 17.1. The highest BCUT2D eigenvalue weighted by molar-refractivity contribution is 7.07. The summed E-state index contributed by atoms with van der Waals surface area (Å²) in [5, 5.41) is 6.42. The Morgan fingerprint density at radius 3 is 2.30 bits per heavy atom. The van der Waals surface area contributed by atoms with Gasteiger partial charge in [0, 0.05) is 36.6 Å². The highest BCUT2D eigenvalue weighted by atomic mass is 32.1. The smallest absolute Gasteiger partial charge is 0.184 e. The van der Waals surface area contributed by atoms with Crippen molar-refractivity contribution in [1.82, 2.24) is 9.88 Å². The van der Waals surface area contributed by atoms with Crippen LogP contribution in [0.3, 0.4) is 0 Å². The van der Waals surface area contributed by atoms with Crippen molar-refractivity contribution in [1.29, 1.82) is 0 Å². The Kier molecular flexibility index (Phi) is 5.23. The third kappa shape index (κ3) is 3.94. The van der Waals surface area contributed by atoms with Crippen molar-refractivity contribution in [2.24, 2.45) is 29.8 Å². The Hall–Kier alpha value is -0.610. The lowest BCUT2D eigenvalue weighted by molar-refractivity contribution is -0.0193. The van der Waals surface area contributed by atoms with Gasteiger partial charge < -0.3 is 9.88 Å². The SMILES string of the molecule is Cn1c(CCNC23CC4CC(CC(C4)C2)C3)csc1=NC1CCCCCC1. The number of aromatic nitrogens is 1. The minimum atomic E-state index is 0.497. The molecule has 4 heteroatoms. The fourth-order valence-corrected chi connectivity index (χ4v) is 8.07. The molecular weight excluding hydrogens is 350 g/mol. The Morgan fingerprint density at radius 1 is 1.04 bits per heavy atom. The molecule has 4 bridgehead atoms. The molecule has 3 nitrogen and oxygen atoms in total. The van der Waals surface area contributed by atoms with Crippen LogP contribution in [0.15, 0.2) is 10.4 Å². The first-order valence-electron chi connectivity index (χ1n) is 11.6. The Bertz CT molecular complexity index is 672. The van der Waals surface area contributed by atoms with Crippen LogP contribution in [0, 0.1) is 17.8 Å². The molecule has 0 radical (unpaired) electrons. The third-order valence-corrected chi connectivity index (χ3v) is 9.04. The summed E-state index contributed by atoms with van der Waals surface area (Å²) in [6.07, 6.45) is 18.2. The fourth-order valence-electron chi connectivity index (χ4n) is 7.07. The van der Waals surface area contributed by atoms with Crippen molar-refractivity contribution in [2.75, 3.05) is 6.54 Å². The Labute approximate surface area is 168 Å². The summed E-state index contributed by atoms with van der Waals surface area (Å²) in [5.41, 5.74) is 1.96. The number of hydrogen-bond acceptors (Lipinski definition) is 3. The largest absolute Gasteiger partial charge is 0.324 e. The van der Waals surface area contributed by atoms with Gasteiger partial charge in [-0.1, -0.05) is 25.7 Å². The molecule has 5 saturated carbocycles. The van der Waals surface area contributed by atoms with E-state index in [4.69, 9.17) is 4.99 Å². The minimum absolute atomic E-state index is 0.497. The van der Waals surface area contributed by atoms with Gasteiger partial charge in [0.25, 0.3) is 0 Å². The number of rotatable bonds is 5. The molecule has 27 heavy (non-hydrogen) atoms.